The maximum Gasteiger partial charge on any atom is 0.322 e. The molecule has 0 bridgehead atoms. The van der Waals surface area contributed by atoms with Gasteiger partial charge in [-0.2, -0.15) is 11.8 Å². The van der Waals surface area contributed by atoms with Crippen LogP contribution in [0.5, 0.6) is 0 Å². The number of carboxylic acid groups (broad SMARTS) is 2. The van der Waals surface area contributed by atoms with Crippen molar-refractivity contribution in [2.75, 3.05) is 18.1 Å². The fourth-order valence-electron chi connectivity index (χ4n) is 1.53. The highest BCUT2D eigenvalue weighted by Crippen LogP contribution is 2.06. The summed E-state index contributed by atoms with van der Waals surface area (Å²) in [6, 6.07) is -2.18. The second-order valence-electron chi connectivity index (χ2n) is 5.07. The number of amides is 2. The topological polar surface area (TPSA) is 209 Å². The number of hydrogen-bond donors (Lipinski definition) is 7. The van der Waals surface area contributed by atoms with Crippen LogP contribution in [0.15, 0.2) is 0 Å². The molecule has 2 atom stereocenters. The predicted octanol–water partition coefficient (Wildman–Crippen LogP) is -2.08. The molecule has 0 fully saturated rings. The fraction of sp³-hybridized carbons (Fsp3) is 0.615. The van der Waals surface area contributed by atoms with Crippen LogP contribution in [0.2, 0.25) is 0 Å². The van der Waals surface area contributed by atoms with E-state index in [4.69, 9.17) is 27.1 Å². The zero-order valence-corrected chi connectivity index (χ0v) is 14.3. The molecule has 142 valence electrons. The van der Waals surface area contributed by atoms with E-state index in [0.29, 0.717) is 12.2 Å². The van der Waals surface area contributed by atoms with Crippen LogP contribution in [0, 0.1) is 5.41 Å². The van der Waals surface area contributed by atoms with Crippen molar-refractivity contribution in [1.82, 2.24) is 10.6 Å². The van der Waals surface area contributed by atoms with Crippen LogP contribution in [0.1, 0.15) is 19.3 Å². The van der Waals surface area contributed by atoms with Crippen molar-refractivity contribution in [3.05, 3.63) is 0 Å². The van der Waals surface area contributed by atoms with Gasteiger partial charge in [0.25, 0.3) is 0 Å². The van der Waals surface area contributed by atoms with E-state index in [9.17, 15) is 19.2 Å². The Morgan fingerprint density at radius 2 is 1.80 bits per heavy atom. The summed E-state index contributed by atoms with van der Waals surface area (Å²) in [6.07, 6.45) is 0.0337. The van der Waals surface area contributed by atoms with E-state index in [1.807, 2.05) is 0 Å². The van der Waals surface area contributed by atoms with Gasteiger partial charge in [0.2, 0.25) is 11.8 Å². The number of carboxylic acids is 2. The van der Waals surface area contributed by atoms with Gasteiger partial charge in [-0.3, -0.25) is 24.6 Å². The van der Waals surface area contributed by atoms with Gasteiger partial charge in [0.05, 0.1) is 5.84 Å². The van der Waals surface area contributed by atoms with Gasteiger partial charge in [0, 0.05) is 24.3 Å². The summed E-state index contributed by atoms with van der Waals surface area (Å²) in [7, 11) is 0. The molecule has 2 unspecified atom stereocenters. The monoisotopic (exact) mass is 377 g/mol. The van der Waals surface area contributed by atoms with E-state index >= 15 is 0 Å². The molecule has 11 nitrogen and oxygen atoms in total. The molecule has 9 N–H and O–H groups in total. The van der Waals surface area contributed by atoms with Gasteiger partial charge >= 0.3 is 11.9 Å². The summed E-state index contributed by atoms with van der Waals surface area (Å²) in [4.78, 5) is 44.9. The lowest BCUT2D eigenvalue weighted by Gasteiger charge is -2.18. The molecule has 0 heterocycles. The minimum atomic E-state index is -1.23. The van der Waals surface area contributed by atoms with Gasteiger partial charge < -0.3 is 32.3 Å². The first-order chi connectivity index (χ1) is 11.6. The molecular weight excluding hydrogens is 354 g/mol. The lowest BCUT2D eigenvalue weighted by atomic mass is 10.1. The quantitative estimate of drug-likeness (QED) is 0.106. The van der Waals surface area contributed by atoms with Crippen LogP contribution in [0.4, 0.5) is 0 Å². The van der Waals surface area contributed by atoms with Crippen LogP contribution in [0.3, 0.4) is 0 Å². The lowest BCUT2D eigenvalue weighted by molar-refractivity contribution is -0.139. The molecule has 0 aliphatic heterocycles. The Balaban J connectivity index is 4.55. The van der Waals surface area contributed by atoms with Gasteiger partial charge in [-0.1, -0.05) is 0 Å². The number of aliphatic carboxylic acids is 2. The van der Waals surface area contributed by atoms with E-state index in [-0.39, 0.29) is 24.4 Å². The van der Waals surface area contributed by atoms with E-state index in [1.165, 1.54) is 11.8 Å². The van der Waals surface area contributed by atoms with Crippen molar-refractivity contribution < 1.29 is 29.4 Å². The Morgan fingerprint density at radius 3 is 2.32 bits per heavy atom. The van der Waals surface area contributed by atoms with Gasteiger partial charge in [-0.15, -0.1) is 0 Å². The standard InChI is InChI=1S/C13H23N5O6S/c14-7(13(23)24)1-2-10(19)18-8(6-25-4-3-9(15)16)12(22)17-5-11(20)21/h7-8H,1-6,14H2,(H3,15,16)(H,17,22)(H,18,19)(H,20,21)(H,23,24). The van der Waals surface area contributed by atoms with Gasteiger partial charge in [0.1, 0.15) is 18.6 Å². The minimum Gasteiger partial charge on any atom is -0.480 e. The highest BCUT2D eigenvalue weighted by molar-refractivity contribution is 7.99. The molecule has 0 spiro atoms. The molecule has 0 aromatic rings. The van der Waals surface area contributed by atoms with Crippen LogP contribution < -0.4 is 22.1 Å². The number of nitrogens with two attached hydrogens (primary N) is 2. The second kappa shape index (κ2) is 12.1. The van der Waals surface area contributed by atoms with Crippen molar-refractivity contribution in [2.45, 2.75) is 31.3 Å². The molecule has 0 radical (unpaired) electrons. The van der Waals surface area contributed by atoms with E-state index in [1.54, 1.807) is 0 Å². The molecule has 0 saturated carbocycles. The Kier molecular flexibility index (Phi) is 11.0. The molecular formula is C13H23N5O6S. The van der Waals surface area contributed by atoms with Crippen molar-refractivity contribution in [3.63, 3.8) is 0 Å². The molecule has 0 saturated heterocycles. The molecule has 0 aromatic carbocycles. The van der Waals surface area contributed by atoms with E-state index < -0.39 is 42.4 Å². The average molecular weight is 377 g/mol. The third-order valence-electron chi connectivity index (χ3n) is 2.87. The smallest absolute Gasteiger partial charge is 0.322 e. The number of carbonyl (C=O) groups excluding carboxylic acids is 2. The summed E-state index contributed by atoms with van der Waals surface area (Å²) < 4.78 is 0. The largest absolute Gasteiger partial charge is 0.480 e. The third kappa shape index (κ3) is 11.8. The first kappa shape index (κ1) is 22.7. The van der Waals surface area contributed by atoms with Gasteiger partial charge in [-0.25, -0.2) is 0 Å². The van der Waals surface area contributed by atoms with Crippen molar-refractivity contribution >= 4 is 41.4 Å². The summed E-state index contributed by atoms with van der Waals surface area (Å²) in [5, 5.41) is 29.0. The number of rotatable bonds is 13. The molecule has 0 aliphatic carbocycles. The van der Waals surface area contributed by atoms with Crippen LogP contribution in [-0.4, -0.2) is 69.9 Å². The summed E-state index contributed by atoms with van der Waals surface area (Å²) in [6.45, 7) is -0.590. The zero-order chi connectivity index (χ0) is 19.4. The molecule has 0 aromatic heterocycles. The number of nitrogens with one attached hydrogen (secondary N) is 3. The third-order valence-corrected chi connectivity index (χ3v) is 3.93. The maximum absolute atomic E-state index is 12.0. The van der Waals surface area contributed by atoms with E-state index in [0.717, 1.165) is 0 Å². The fourth-order valence-corrected chi connectivity index (χ4v) is 2.53. The number of thioether (sulfide) groups is 1. The zero-order valence-electron chi connectivity index (χ0n) is 13.5. The Hall–Kier alpha value is -2.34. The Labute approximate surface area is 148 Å². The van der Waals surface area contributed by atoms with Gasteiger partial charge in [-0.05, 0) is 6.42 Å². The van der Waals surface area contributed by atoms with Crippen molar-refractivity contribution in [2.24, 2.45) is 11.5 Å². The Bertz CT molecular complexity index is 515. The van der Waals surface area contributed by atoms with Crippen LogP contribution in [0.25, 0.3) is 0 Å². The SMILES string of the molecule is N=C(N)CCSCC(NC(=O)CCC(N)C(=O)O)C(=O)NCC(=O)O. The lowest BCUT2D eigenvalue weighted by Crippen LogP contribution is -2.49. The minimum absolute atomic E-state index is 0.00827. The predicted molar refractivity (Wildman–Crippen MR) is 91.3 cm³/mol. The van der Waals surface area contributed by atoms with Crippen LogP contribution >= 0.6 is 11.8 Å². The van der Waals surface area contributed by atoms with Gasteiger partial charge in [0.15, 0.2) is 0 Å². The number of amidine groups is 1. The second-order valence-corrected chi connectivity index (χ2v) is 6.22. The molecule has 2 amide bonds. The summed E-state index contributed by atoms with van der Waals surface area (Å²) in [5.74, 6) is -3.11. The first-order valence-electron chi connectivity index (χ1n) is 7.31. The summed E-state index contributed by atoms with van der Waals surface area (Å²) in [5.41, 5.74) is 10.5. The number of carbonyl (C=O) groups is 4. The van der Waals surface area contributed by atoms with E-state index in [2.05, 4.69) is 10.6 Å². The van der Waals surface area contributed by atoms with Crippen molar-refractivity contribution in [1.29, 1.82) is 5.41 Å². The average Bonchev–Trinajstić information content (AvgIpc) is 2.52. The highest BCUT2D eigenvalue weighted by Gasteiger charge is 2.22. The van der Waals surface area contributed by atoms with Crippen LogP contribution in [-0.2, 0) is 19.2 Å². The molecule has 0 aliphatic rings. The molecule has 0 rings (SSSR count). The normalized spacial score (nSPS) is 12.7. The first-order valence-corrected chi connectivity index (χ1v) is 8.46. The highest BCUT2D eigenvalue weighted by atomic mass is 32.2. The molecule has 25 heavy (non-hydrogen) atoms. The maximum atomic E-state index is 12.0. The molecule has 12 heteroatoms. The summed E-state index contributed by atoms with van der Waals surface area (Å²) >= 11 is 1.26. The number of hydrogen-bond acceptors (Lipinski definition) is 7. The Morgan fingerprint density at radius 1 is 1.16 bits per heavy atom. The van der Waals surface area contributed by atoms with Crippen molar-refractivity contribution in [3.8, 4) is 0 Å².